The summed E-state index contributed by atoms with van der Waals surface area (Å²) in [5.41, 5.74) is 0. The Labute approximate surface area is 379 Å². The van der Waals surface area contributed by atoms with Crippen molar-refractivity contribution < 1.29 is 19.1 Å². The van der Waals surface area contributed by atoms with Crippen molar-refractivity contribution in [2.24, 2.45) is 0 Å². The number of carbonyl (C=O) groups excluding carboxylic acids is 2. The summed E-state index contributed by atoms with van der Waals surface area (Å²) in [7, 11) is -1.68. The minimum absolute atomic E-state index is 0.0104. The number of thioether (sulfide) groups is 6. The van der Waals surface area contributed by atoms with E-state index < -0.39 is 14.5 Å². The third-order valence-electron chi connectivity index (χ3n) is 10.1. The maximum atomic E-state index is 13.6. The zero-order valence-electron chi connectivity index (χ0n) is 32.9. The molecule has 0 aromatic heterocycles. The molecule has 0 saturated heterocycles. The summed E-state index contributed by atoms with van der Waals surface area (Å²) in [5.74, 6) is 0.861. The largest absolute Gasteiger partial charge is 0.465 e. The van der Waals surface area contributed by atoms with Gasteiger partial charge in [-0.1, -0.05) is 156 Å². The molecule has 0 N–H and O–H groups in total. The monoisotopic (exact) mass is 936 g/mol. The molecule has 0 aliphatic carbocycles. The van der Waals surface area contributed by atoms with Gasteiger partial charge in [-0.2, -0.15) is 0 Å². The summed E-state index contributed by atoms with van der Waals surface area (Å²) >= 11 is 10.3. The second-order valence-electron chi connectivity index (χ2n) is 13.5. The van der Waals surface area contributed by atoms with E-state index in [-0.39, 0.29) is 20.6 Å². The highest BCUT2D eigenvalue weighted by atomic mass is 32.2. The molecular weight excluding hydrogens is 895 g/mol. The fourth-order valence-electron chi connectivity index (χ4n) is 7.47. The van der Waals surface area contributed by atoms with Gasteiger partial charge in [0.2, 0.25) is 0 Å². The van der Waals surface area contributed by atoms with Crippen molar-refractivity contribution in [3.05, 3.63) is 200 Å². The quantitative estimate of drug-likeness (QED) is 0.0565. The average Bonchev–Trinajstić information content (AvgIpc) is 3.95. The Morgan fingerprint density at radius 2 is 0.650 bits per heavy atom. The number of methoxy groups -OCH3 is 2. The number of benzene rings is 6. The Hall–Kier alpha value is -3.30. The minimum Gasteiger partial charge on any atom is -0.465 e. The first-order chi connectivity index (χ1) is 29.5. The summed E-state index contributed by atoms with van der Waals surface area (Å²) in [6, 6.07) is 64.8. The normalized spacial score (nSPS) is 16.8. The fourth-order valence-corrected chi connectivity index (χ4v) is 31.1. The van der Waals surface area contributed by atoms with Crippen LogP contribution in [-0.2, 0) is 19.1 Å². The SMILES string of the molecule is COC(=O)C1=C(SCCSC2=C(C(=O)OC)SC([P+](c3ccccc3)(c3ccccc3)c3ccccc3)S2)SC([P+](c2ccccc2)(c2ccccc2)c2ccccc2)S1. The van der Waals surface area contributed by atoms with E-state index in [2.05, 4.69) is 182 Å². The van der Waals surface area contributed by atoms with Crippen molar-refractivity contribution in [2.45, 2.75) is 8.65 Å². The van der Waals surface area contributed by atoms with Crippen LogP contribution >= 0.6 is 85.1 Å². The van der Waals surface area contributed by atoms with Crippen LogP contribution in [0.2, 0.25) is 0 Å². The van der Waals surface area contributed by atoms with E-state index in [4.69, 9.17) is 9.47 Å². The van der Waals surface area contributed by atoms with E-state index in [0.29, 0.717) is 9.81 Å². The molecule has 12 heteroatoms. The minimum atomic E-state index is -2.31. The number of rotatable bonds is 15. The number of hydrogen-bond acceptors (Lipinski definition) is 10. The molecule has 2 heterocycles. The number of hydrogen-bond donors (Lipinski definition) is 0. The van der Waals surface area contributed by atoms with Crippen LogP contribution in [0.25, 0.3) is 0 Å². The van der Waals surface area contributed by atoms with Crippen LogP contribution in [0.5, 0.6) is 0 Å². The van der Waals surface area contributed by atoms with Gasteiger partial charge in [-0.05, 0) is 72.8 Å². The summed E-state index contributed by atoms with van der Waals surface area (Å²) in [6.07, 6.45) is 0. The van der Waals surface area contributed by atoms with Gasteiger partial charge in [0.05, 0.1) is 22.7 Å². The maximum absolute atomic E-state index is 13.6. The molecule has 2 aliphatic rings. The van der Waals surface area contributed by atoms with Gasteiger partial charge < -0.3 is 9.47 Å². The zero-order valence-corrected chi connectivity index (χ0v) is 39.6. The highest BCUT2D eigenvalue weighted by Gasteiger charge is 2.58. The number of ether oxygens (including phenoxy) is 2. The van der Waals surface area contributed by atoms with Crippen LogP contribution in [0.15, 0.2) is 200 Å². The van der Waals surface area contributed by atoms with E-state index in [1.54, 1.807) is 70.6 Å². The number of carbonyl (C=O) groups is 2. The van der Waals surface area contributed by atoms with Crippen LogP contribution in [0, 0.1) is 0 Å². The lowest BCUT2D eigenvalue weighted by molar-refractivity contribution is -0.136. The highest BCUT2D eigenvalue weighted by Crippen LogP contribution is 2.74. The molecule has 2 aliphatic heterocycles. The van der Waals surface area contributed by atoms with Crippen molar-refractivity contribution in [1.29, 1.82) is 0 Å². The van der Waals surface area contributed by atoms with Crippen molar-refractivity contribution in [3.8, 4) is 0 Å². The van der Waals surface area contributed by atoms with Gasteiger partial charge in [-0.15, -0.1) is 23.5 Å². The number of esters is 2. The molecule has 4 nitrogen and oxygen atoms in total. The zero-order chi connectivity index (χ0) is 41.4. The smallest absolute Gasteiger partial charge is 0.346 e. The van der Waals surface area contributed by atoms with Crippen LogP contribution in [-0.4, -0.2) is 46.3 Å². The molecule has 0 fully saturated rings. The Morgan fingerprint density at radius 1 is 0.417 bits per heavy atom. The second kappa shape index (κ2) is 20.3. The van der Waals surface area contributed by atoms with Crippen LogP contribution in [0.4, 0.5) is 0 Å². The van der Waals surface area contributed by atoms with E-state index in [9.17, 15) is 9.59 Å². The summed E-state index contributed by atoms with van der Waals surface area (Å²) in [5, 5.41) is 7.62. The lowest BCUT2D eigenvalue weighted by atomic mass is 10.4. The molecule has 0 saturated carbocycles. The molecule has 0 bridgehead atoms. The summed E-state index contributed by atoms with van der Waals surface area (Å²) in [4.78, 5) is 28.5. The van der Waals surface area contributed by atoms with E-state index in [1.165, 1.54) is 46.0 Å². The first kappa shape index (κ1) is 43.4. The maximum Gasteiger partial charge on any atom is 0.346 e. The Kier molecular flexibility index (Phi) is 14.6. The molecule has 60 heavy (non-hydrogen) atoms. The summed E-state index contributed by atoms with van der Waals surface area (Å²) < 4.78 is 12.9. The van der Waals surface area contributed by atoms with Gasteiger partial charge in [-0.25, -0.2) is 9.59 Å². The van der Waals surface area contributed by atoms with Gasteiger partial charge in [0.25, 0.3) is 0 Å². The predicted octanol–water partition coefficient (Wildman–Crippen LogP) is 10.7. The molecule has 302 valence electrons. The topological polar surface area (TPSA) is 52.6 Å². The molecule has 0 spiro atoms. The van der Waals surface area contributed by atoms with Crippen LogP contribution in [0.1, 0.15) is 0 Å². The second-order valence-corrected chi connectivity index (χ2v) is 29.7. The van der Waals surface area contributed by atoms with E-state index in [1.807, 2.05) is 0 Å². The van der Waals surface area contributed by atoms with Gasteiger partial charge >= 0.3 is 11.9 Å². The van der Waals surface area contributed by atoms with Crippen molar-refractivity contribution in [1.82, 2.24) is 0 Å². The predicted molar refractivity (Wildman–Crippen MR) is 271 cm³/mol. The van der Waals surface area contributed by atoms with Crippen LogP contribution in [0.3, 0.4) is 0 Å². The summed E-state index contributed by atoms with van der Waals surface area (Å²) in [6.45, 7) is 0. The molecule has 8 rings (SSSR count). The molecule has 0 amide bonds. The third kappa shape index (κ3) is 8.57. The van der Waals surface area contributed by atoms with Gasteiger partial charge in [0.15, 0.2) is 8.65 Å². The van der Waals surface area contributed by atoms with Crippen molar-refractivity contribution >= 4 is 129 Å². The third-order valence-corrected chi connectivity index (χ3v) is 30.9. The Morgan fingerprint density at radius 3 is 0.867 bits per heavy atom. The van der Waals surface area contributed by atoms with Crippen LogP contribution < -0.4 is 31.8 Å². The molecule has 6 aromatic carbocycles. The molecule has 2 atom stereocenters. The van der Waals surface area contributed by atoms with Gasteiger partial charge in [-0.3, -0.25) is 0 Å². The first-order valence-electron chi connectivity index (χ1n) is 19.2. The van der Waals surface area contributed by atoms with Gasteiger partial charge in [0.1, 0.15) is 56.2 Å². The molecular formula is C48H42O4P2S6+2. The molecule has 2 unspecified atom stereocenters. The lowest BCUT2D eigenvalue weighted by Gasteiger charge is -2.31. The lowest BCUT2D eigenvalue weighted by Crippen LogP contribution is -2.36. The Bertz CT molecular complexity index is 2090. The first-order valence-corrected chi connectivity index (χ1v) is 28.4. The van der Waals surface area contributed by atoms with Crippen molar-refractivity contribution in [3.63, 3.8) is 0 Å². The van der Waals surface area contributed by atoms with E-state index in [0.717, 1.165) is 20.0 Å². The fraction of sp³-hybridized carbons (Fsp3) is 0.125. The van der Waals surface area contributed by atoms with E-state index >= 15 is 0 Å². The van der Waals surface area contributed by atoms with Gasteiger partial charge in [0, 0.05) is 11.5 Å². The molecule has 0 radical (unpaired) electrons. The standard InChI is InChI=1S/C48H42O4P2S6/c1-51-43(49)41-45(59-47(57-41)53(35-21-9-3-10-22-35,36-23-11-4-12-24-36)37-25-13-5-14-26-37)55-33-34-56-46-42(44(50)52-2)58-48(60-46)54(38-27-15-6-16-28-38,39-29-17-7-18-30-39)40-31-19-8-20-32-40/h3-32,47-48H,33-34H2,1-2H3/q+2. The highest BCUT2D eigenvalue weighted by molar-refractivity contribution is 8.40. The average molecular weight is 937 g/mol. The molecule has 6 aromatic rings. The Balaban J connectivity index is 1.08. The van der Waals surface area contributed by atoms with Crippen molar-refractivity contribution in [2.75, 3.05) is 25.7 Å².